The zero-order valence-electron chi connectivity index (χ0n) is 21.9. The second kappa shape index (κ2) is 11.5. The summed E-state index contributed by atoms with van der Waals surface area (Å²) >= 11 is 0. The maximum atomic E-state index is 11.9. The van der Waals surface area contributed by atoms with E-state index in [1.54, 1.807) is 14.0 Å². The van der Waals surface area contributed by atoms with Gasteiger partial charge in [-0.1, -0.05) is 76.3 Å². The van der Waals surface area contributed by atoms with Crippen molar-refractivity contribution in [2.24, 2.45) is 17.8 Å². The third kappa shape index (κ3) is 6.18. The van der Waals surface area contributed by atoms with E-state index < -0.39 is 0 Å². The lowest BCUT2D eigenvalue weighted by Gasteiger charge is -2.42. The van der Waals surface area contributed by atoms with Crippen molar-refractivity contribution >= 4 is 5.97 Å². The molecule has 0 atom stereocenters. The third-order valence-electron chi connectivity index (χ3n) is 8.69. The van der Waals surface area contributed by atoms with Gasteiger partial charge in [0, 0.05) is 11.0 Å². The summed E-state index contributed by atoms with van der Waals surface area (Å²) < 4.78 is 10.9. The minimum atomic E-state index is -0.379. The highest BCUT2D eigenvalue weighted by atomic mass is 16.5. The minimum absolute atomic E-state index is 0.0140. The number of rotatable bonds is 8. The number of esters is 1. The van der Waals surface area contributed by atoms with Crippen LogP contribution < -0.4 is 9.47 Å². The first-order chi connectivity index (χ1) is 16.9. The molecule has 0 heterocycles. The van der Waals surface area contributed by atoms with Gasteiger partial charge in [0.25, 0.3) is 0 Å². The molecule has 2 fully saturated rings. The molecule has 2 aliphatic rings. The van der Waals surface area contributed by atoms with Gasteiger partial charge in [-0.3, -0.25) is 0 Å². The molecule has 2 aliphatic carbocycles. The summed E-state index contributed by atoms with van der Waals surface area (Å²) in [7, 11) is 1.72. The molecule has 188 valence electrons. The number of hydrogen-bond donors (Lipinski definition) is 0. The van der Waals surface area contributed by atoms with Crippen molar-refractivity contribution in [1.29, 1.82) is 0 Å². The normalized spacial score (nSPS) is 26.7. The van der Waals surface area contributed by atoms with Crippen molar-refractivity contribution in [1.82, 2.24) is 0 Å². The van der Waals surface area contributed by atoms with E-state index in [4.69, 9.17) is 9.47 Å². The standard InChI is InChI=1S/C32H42O3/c1-23(2)31(33)35-30-17-13-28(14-18-30)32(27-11-15-29(34-4)16-12-27)21-19-26(20-22-32)10-9-25-7-5-24(3)6-8-25/h11-18,24-26H,1,5-10,19-22H2,2-4H3. The summed E-state index contributed by atoms with van der Waals surface area (Å²) in [6.45, 7) is 7.76. The Labute approximate surface area is 211 Å². The van der Waals surface area contributed by atoms with E-state index in [1.807, 2.05) is 12.1 Å². The molecule has 4 rings (SSSR count). The van der Waals surface area contributed by atoms with Crippen molar-refractivity contribution in [3.63, 3.8) is 0 Å². The van der Waals surface area contributed by atoms with Gasteiger partial charge in [-0.2, -0.15) is 0 Å². The number of methoxy groups -OCH3 is 1. The molecule has 2 saturated carbocycles. The first-order valence-electron chi connectivity index (χ1n) is 13.5. The van der Waals surface area contributed by atoms with E-state index in [0.29, 0.717) is 11.3 Å². The van der Waals surface area contributed by atoms with Crippen LogP contribution in [0.25, 0.3) is 0 Å². The Bertz CT molecular complexity index is 972. The van der Waals surface area contributed by atoms with Crippen molar-refractivity contribution in [3.8, 4) is 11.5 Å². The molecule has 35 heavy (non-hydrogen) atoms. The molecular weight excluding hydrogens is 432 g/mol. The second-order valence-corrected chi connectivity index (χ2v) is 11.2. The lowest BCUT2D eigenvalue weighted by atomic mass is 9.62. The highest BCUT2D eigenvalue weighted by Gasteiger charge is 2.38. The summed E-state index contributed by atoms with van der Waals surface area (Å²) in [6.07, 6.45) is 13.3. The molecular formula is C32H42O3. The Morgan fingerprint density at radius 3 is 1.80 bits per heavy atom. The van der Waals surface area contributed by atoms with Crippen molar-refractivity contribution < 1.29 is 14.3 Å². The van der Waals surface area contributed by atoms with Crippen LogP contribution in [0.3, 0.4) is 0 Å². The Balaban J connectivity index is 1.48. The topological polar surface area (TPSA) is 35.5 Å². The van der Waals surface area contributed by atoms with Gasteiger partial charge in [0.1, 0.15) is 11.5 Å². The van der Waals surface area contributed by atoms with E-state index >= 15 is 0 Å². The quantitative estimate of drug-likeness (QED) is 0.219. The summed E-state index contributed by atoms with van der Waals surface area (Å²) in [5.41, 5.74) is 3.05. The maximum absolute atomic E-state index is 11.9. The predicted octanol–water partition coefficient (Wildman–Crippen LogP) is 8.26. The van der Waals surface area contributed by atoms with E-state index in [-0.39, 0.29) is 11.4 Å². The molecule has 0 aliphatic heterocycles. The van der Waals surface area contributed by atoms with Crippen molar-refractivity contribution in [3.05, 3.63) is 71.8 Å². The minimum Gasteiger partial charge on any atom is -0.497 e. The summed E-state index contributed by atoms with van der Waals surface area (Å²) in [4.78, 5) is 11.9. The first kappa shape index (κ1) is 25.5. The Morgan fingerprint density at radius 2 is 1.31 bits per heavy atom. The average molecular weight is 475 g/mol. The largest absolute Gasteiger partial charge is 0.497 e. The second-order valence-electron chi connectivity index (χ2n) is 11.2. The van der Waals surface area contributed by atoms with Crippen molar-refractivity contribution in [2.75, 3.05) is 7.11 Å². The molecule has 0 aromatic heterocycles. The lowest BCUT2D eigenvalue weighted by Crippen LogP contribution is -2.33. The van der Waals surface area contributed by atoms with Crippen LogP contribution in [-0.4, -0.2) is 13.1 Å². The first-order valence-corrected chi connectivity index (χ1v) is 13.5. The summed E-state index contributed by atoms with van der Waals surface area (Å²) in [6, 6.07) is 16.8. The molecule has 0 spiro atoms. The van der Waals surface area contributed by atoms with Gasteiger partial charge in [-0.25, -0.2) is 4.79 Å². The number of benzene rings is 2. The third-order valence-corrected chi connectivity index (χ3v) is 8.69. The van der Waals surface area contributed by atoms with Gasteiger partial charge in [0.05, 0.1) is 7.11 Å². The number of hydrogen-bond acceptors (Lipinski definition) is 3. The van der Waals surface area contributed by atoms with Crippen LogP contribution in [0.5, 0.6) is 11.5 Å². The van der Waals surface area contributed by atoms with Crippen LogP contribution in [-0.2, 0) is 10.2 Å². The zero-order chi connectivity index (χ0) is 24.8. The monoisotopic (exact) mass is 474 g/mol. The van der Waals surface area contributed by atoms with Crippen LogP contribution in [0.2, 0.25) is 0 Å². The Hall–Kier alpha value is -2.55. The highest BCUT2D eigenvalue weighted by Crippen LogP contribution is 2.48. The molecule has 0 amide bonds. The smallest absolute Gasteiger partial charge is 0.338 e. The number of carbonyl (C=O) groups is 1. The SMILES string of the molecule is C=C(C)C(=O)Oc1ccc(C2(c3ccc(OC)cc3)CCC(CCC3CCC(C)CC3)CC2)cc1. The number of ether oxygens (including phenoxy) is 2. The maximum Gasteiger partial charge on any atom is 0.338 e. The Kier molecular flexibility index (Phi) is 8.36. The van der Waals surface area contributed by atoms with Gasteiger partial charge in [-0.05, 0) is 85.8 Å². The molecule has 3 heteroatoms. The van der Waals surface area contributed by atoms with E-state index in [0.717, 1.165) is 36.3 Å². The average Bonchev–Trinajstić information content (AvgIpc) is 2.89. The van der Waals surface area contributed by atoms with E-state index in [9.17, 15) is 4.79 Å². The molecule has 0 unspecified atom stereocenters. The summed E-state index contributed by atoms with van der Waals surface area (Å²) in [5.74, 6) is 3.80. The van der Waals surface area contributed by atoms with Crippen LogP contribution in [0.15, 0.2) is 60.7 Å². The van der Waals surface area contributed by atoms with E-state index in [2.05, 4.69) is 49.9 Å². The molecule has 2 aromatic carbocycles. The lowest BCUT2D eigenvalue weighted by molar-refractivity contribution is -0.130. The fourth-order valence-corrected chi connectivity index (χ4v) is 6.24. The van der Waals surface area contributed by atoms with E-state index in [1.165, 1.54) is 62.5 Å². The van der Waals surface area contributed by atoms with Gasteiger partial charge in [0.2, 0.25) is 0 Å². The fourth-order valence-electron chi connectivity index (χ4n) is 6.24. The molecule has 3 nitrogen and oxygen atoms in total. The highest BCUT2D eigenvalue weighted by molar-refractivity contribution is 5.88. The number of carbonyl (C=O) groups excluding carboxylic acids is 1. The fraction of sp³-hybridized carbons (Fsp3) is 0.531. The van der Waals surface area contributed by atoms with Gasteiger partial charge in [0.15, 0.2) is 0 Å². The van der Waals surface area contributed by atoms with Crippen LogP contribution >= 0.6 is 0 Å². The zero-order valence-corrected chi connectivity index (χ0v) is 21.9. The molecule has 2 aromatic rings. The molecule has 0 saturated heterocycles. The van der Waals surface area contributed by atoms with Crippen molar-refractivity contribution in [2.45, 2.75) is 83.5 Å². The van der Waals surface area contributed by atoms with Crippen LogP contribution in [0.1, 0.15) is 89.2 Å². The van der Waals surface area contributed by atoms with Crippen LogP contribution in [0.4, 0.5) is 0 Å². The molecule has 0 bridgehead atoms. The summed E-state index contributed by atoms with van der Waals surface area (Å²) in [5, 5.41) is 0. The van der Waals surface area contributed by atoms with Gasteiger partial charge < -0.3 is 9.47 Å². The Morgan fingerprint density at radius 1 is 0.829 bits per heavy atom. The molecule has 0 radical (unpaired) electrons. The predicted molar refractivity (Wildman–Crippen MR) is 143 cm³/mol. The van der Waals surface area contributed by atoms with Gasteiger partial charge >= 0.3 is 5.97 Å². The van der Waals surface area contributed by atoms with Gasteiger partial charge in [-0.15, -0.1) is 0 Å². The molecule has 0 N–H and O–H groups in total. The van der Waals surface area contributed by atoms with Crippen LogP contribution in [0, 0.1) is 17.8 Å².